The van der Waals surface area contributed by atoms with Crippen molar-refractivity contribution in [3.63, 3.8) is 0 Å². The molecular formula is C14H17N5O3S. The fourth-order valence-corrected chi connectivity index (χ4v) is 3.12. The van der Waals surface area contributed by atoms with Crippen LogP contribution in [0.25, 0.3) is 0 Å². The van der Waals surface area contributed by atoms with Crippen molar-refractivity contribution in [1.29, 1.82) is 0 Å². The van der Waals surface area contributed by atoms with E-state index in [1.807, 2.05) is 5.38 Å². The van der Waals surface area contributed by atoms with Crippen LogP contribution in [0.4, 0.5) is 0 Å². The average molecular weight is 335 g/mol. The first kappa shape index (κ1) is 15.6. The predicted molar refractivity (Wildman–Crippen MR) is 82.8 cm³/mol. The number of thiazole rings is 1. The van der Waals surface area contributed by atoms with Gasteiger partial charge >= 0.3 is 5.97 Å². The molecule has 3 heterocycles. The molecular weight excluding hydrogens is 318 g/mol. The number of carbonyl (C=O) groups is 2. The molecule has 0 fully saturated rings. The fourth-order valence-electron chi connectivity index (χ4n) is 2.54. The topological polar surface area (TPSA) is 103 Å². The third kappa shape index (κ3) is 3.25. The van der Waals surface area contributed by atoms with Crippen molar-refractivity contribution in [3.8, 4) is 0 Å². The molecule has 9 heteroatoms. The van der Waals surface area contributed by atoms with Gasteiger partial charge in [0.1, 0.15) is 0 Å². The summed E-state index contributed by atoms with van der Waals surface area (Å²) in [7, 11) is 1.31. The van der Waals surface area contributed by atoms with E-state index in [4.69, 9.17) is 5.73 Å². The second kappa shape index (κ2) is 6.47. The van der Waals surface area contributed by atoms with Crippen molar-refractivity contribution in [3.05, 3.63) is 34.0 Å². The van der Waals surface area contributed by atoms with Gasteiger partial charge in [-0.05, 0) is 6.07 Å². The zero-order valence-electron chi connectivity index (χ0n) is 12.6. The maximum absolute atomic E-state index is 12.5. The van der Waals surface area contributed by atoms with Crippen LogP contribution in [-0.4, -0.2) is 51.2 Å². The van der Waals surface area contributed by atoms with Gasteiger partial charge in [-0.1, -0.05) is 0 Å². The van der Waals surface area contributed by atoms with Crippen LogP contribution < -0.4 is 5.73 Å². The van der Waals surface area contributed by atoms with Crippen molar-refractivity contribution in [2.75, 3.05) is 13.7 Å². The van der Waals surface area contributed by atoms with Gasteiger partial charge in [-0.2, -0.15) is 5.10 Å². The molecule has 1 atom stereocenters. The molecule has 0 spiro atoms. The van der Waals surface area contributed by atoms with E-state index in [9.17, 15) is 9.59 Å². The SMILES string of the molecule is COC(=O)c1cc2n(n1)CCN(C(=O)[C@@H](N)Cc1cscn1)C2. The van der Waals surface area contributed by atoms with Crippen LogP contribution in [0.2, 0.25) is 0 Å². The van der Waals surface area contributed by atoms with Gasteiger partial charge in [0.05, 0.1) is 43.1 Å². The quantitative estimate of drug-likeness (QED) is 0.791. The third-order valence-electron chi connectivity index (χ3n) is 3.73. The Balaban J connectivity index is 1.67. The van der Waals surface area contributed by atoms with Crippen LogP contribution in [-0.2, 0) is 29.0 Å². The lowest BCUT2D eigenvalue weighted by atomic mass is 10.1. The minimum absolute atomic E-state index is 0.120. The number of fused-ring (bicyclic) bond motifs is 1. The highest BCUT2D eigenvalue weighted by atomic mass is 32.1. The molecule has 2 aromatic rings. The number of esters is 1. The summed E-state index contributed by atoms with van der Waals surface area (Å²) >= 11 is 1.48. The molecule has 122 valence electrons. The summed E-state index contributed by atoms with van der Waals surface area (Å²) in [6, 6.07) is 1.03. The number of hydrogen-bond acceptors (Lipinski definition) is 7. The highest BCUT2D eigenvalue weighted by Crippen LogP contribution is 2.16. The summed E-state index contributed by atoms with van der Waals surface area (Å²) in [6.07, 6.45) is 0.422. The van der Waals surface area contributed by atoms with E-state index < -0.39 is 12.0 Å². The Morgan fingerprint density at radius 3 is 3.00 bits per heavy atom. The number of methoxy groups -OCH3 is 1. The molecule has 0 radical (unpaired) electrons. The van der Waals surface area contributed by atoms with Crippen molar-refractivity contribution in [1.82, 2.24) is 19.7 Å². The van der Waals surface area contributed by atoms with Gasteiger partial charge < -0.3 is 15.4 Å². The molecule has 0 saturated heterocycles. The van der Waals surface area contributed by atoms with Crippen LogP contribution >= 0.6 is 11.3 Å². The highest BCUT2D eigenvalue weighted by molar-refractivity contribution is 7.07. The largest absolute Gasteiger partial charge is 0.464 e. The Morgan fingerprint density at radius 2 is 2.30 bits per heavy atom. The number of amides is 1. The Labute approximate surface area is 136 Å². The number of hydrogen-bond donors (Lipinski definition) is 1. The van der Waals surface area contributed by atoms with E-state index in [0.29, 0.717) is 26.1 Å². The molecule has 3 rings (SSSR count). The molecule has 2 N–H and O–H groups in total. The monoisotopic (exact) mass is 335 g/mol. The van der Waals surface area contributed by atoms with E-state index >= 15 is 0 Å². The minimum Gasteiger partial charge on any atom is -0.464 e. The molecule has 1 aliphatic heterocycles. The Kier molecular flexibility index (Phi) is 4.39. The minimum atomic E-state index is -0.619. The van der Waals surface area contributed by atoms with E-state index in [1.165, 1.54) is 18.4 Å². The lowest BCUT2D eigenvalue weighted by Crippen LogP contribution is -2.47. The van der Waals surface area contributed by atoms with Crippen molar-refractivity contribution in [2.24, 2.45) is 5.73 Å². The number of ether oxygens (including phenoxy) is 1. The van der Waals surface area contributed by atoms with E-state index in [0.717, 1.165) is 11.4 Å². The van der Waals surface area contributed by atoms with Crippen LogP contribution in [0.15, 0.2) is 17.0 Å². The first-order valence-corrected chi connectivity index (χ1v) is 8.09. The number of rotatable bonds is 4. The van der Waals surface area contributed by atoms with Gasteiger partial charge in [0, 0.05) is 18.3 Å². The smallest absolute Gasteiger partial charge is 0.358 e. The predicted octanol–water partition coefficient (Wildman–Crippen LogP) is 0.0384. The Hall–Kier alpha value is -2.26. The Morgan fingerprint density at radius 1 is 1.48 bits per heavy atom. The first-order valence-electron chi connectivity index (χ1n) is 7.15. The summed E-state index contributed by atoms with van der Waals surface area (Å²) < 4.78 is 6.39. The molecule has 0 aliphatic carbocycles. The van der Waals surface area contributed by atoms with Gasteiger partial charge in [-0.3, -0.25) is 9.48 Å². The van der Waals surface area contributed by atoms with Crippen molar-refractivity contribution < 1.29 is 14.3 Å². The zero-order chi connectivity index (χ0) is 16.4. The summed E-state index contributed by atoms with van der Waals surface area (Å²) in [5.41, 5.74) is 9.61. The number of nitrogens with zero attached hydrogens (tertiary/aromatic N) is 4. The lowest BCUT2D eigenvalue weighted by molar-refractivity contribution is -0.134. The molecule has 0 aromatic carbocycles. The van der Waals surface area contributed by atoms with Crippen LogP contribution in [0.1, 0.15) is 21.9 Å². The fraction of sp³-hybridized carbons (Fsp3) is 0.429. The van der Waals surface area contributed by atoms with E-state index in [-0.39, 0.29) is 11.6 Å². The second-order valence-electron chi connectivity index (χ2n) is 5.29. The van der Waals surface area contributed by atoms with E-state index in [1.54, 1.807) is 21.2 Å². The average Bonchev–Trinajstić information content (AvgIpc) is 3.21. The molecule has 1 amide bonds. The first-order chi connectivity index (χ1) is 11.1. The Bertz CT molecular complexity index is 712. The molecule has 0 bridgehead atoms. The highest BCUT2D eigenvalue weighted by Gasteiger charge is 2.27. The molecule has 23 heavy (non-hydrogen) atoms. The maximum Gasteiger partial charge on any atom is 0.358 e. The van der Waals surface area contributed by atoms with Gasteiger partial charge in [0.15, 0.2) is 5.69 Å². The van der Waals surface area contributed by atoms with Crippen LogP contribution in [0.5, 0.6) is 0 Å². The summed E-state index contributed by atoms with van der Waals surface area (Å²) in [5, 5.41) is 6.08. The summed E-state index contributed by atoms with van der Waals surface area (Å²) in [6.45, 7) is 1.42. The molecule has 1 aliphatic rings. The van der Waals surface area contributed by atoms with Gasteiger partial charge in [0.2, 0.25) is 5.91 Å². The van der Waals surface area contributed by atoms with E-state index in [2.05, 4.69) is 14.8 Å². The summed E-state index contributed by atoms with van der Waals surface area (Å²) in [4.78, 5) is 29.9. The molecule has 0 saturated carbocycles. The van der Waals surface area contributed by atoms with Crippen molar-refractivity contribution in [2.45, 2.75) is 25.6 Å². The van der Waals surface area contributed by atoms with Crippen molar-refractivity contribution >= 4 is 23.2 Å². The maximum atomic E-state index is 12.5. The molecule has 2 aromatic heterocycles. The third-order valence-corrected chi connectivity index (χ3v) is 4.37. The molecule has 8 nitrogen and oxygen atoms in total. The lowest BCUT2D eigenvalue weighted by Gasteiger charge is -2.29. The van der Waals surface area contributed by atoms with Gasteiger partial charge in [0.25, 0.3) is 0 Å². The second-order valence-corrected chi connectivity index (χ2v) is 6.00. The zero-order valence-corrected chi connectivity index (χ0v) is 13.5. The van der Waals surface area contributed by atoms with Crippen LogP contribution in [0, 0.1) is 0 Å². The number of nitrogens with two attached hydrogens (primary N) is 1. The molecule has 0 unspecified atom stereocenters. The summed E-state index contributed by atoms with van der Waals surface area (Å²) in [5.74, 6) is -0.602. The van der Waals surface area contributed by atoms with Gasteiger partial charge in [-0.15, -0.1) is 11.3 Å². The van der Waals surface area contributed by atoms with Gasteiger partial charge in [-0.25, -0.2) is 9.78 Å². The standard InChI is InChI=1S/C14H17N5O3S/c1-22-14(21)12-5-10-6-18(2-3-19(10)17-12)13(20)11(15)4-9-7-23-8-16-9/h5,7-8,11H,2-4,6,15H2,1H3/t11-/m0/s1. The normalized spacial score (nSPS) is 15.1. The number of carbonyl (C=O) groups excluding carboxylic acids is 2. The van der Waals surface area contributed by atoms with Crippen LogP contribution in [0.3, 0.4) is 0 Å². The number of aromatic nitrogens is 3.